The lowest BCUT2D eigenvalue weighted by Crippen LogP contribution is -2.27. The second-order valence-corrected chi connectivity index (χ2v) is 3.87. The van der Waals surface area contributed by atoms with Crippen molar-refractivity contribution in [2.75, 3.05) is 11.9 Å². The number of pyridine rings is 1. The van der Waals surface area contributed by atoms with Gasteiger partial charge in [0.15, 0.2) is 0 Å². The van der Waals surface area contributed by atoms with Crippen molar-refractivity contribution in [3.05, 3.63) is 59.7 Å². The molecule has 0 atom stereocenters. The Labute approximate surface area is 109 Å². The Hall–Kier alpha value is -2.74. The van der Waals surface area contributed by atoms with Crippen LogP contribution in [0.4, 0.5) is 10.1 Å². The Balaban J connectivity index is 2.34. The maximum atomic E-state index is 12.8. The molecule has 5 heteroatoms. The summed E-state index contributed by atoms with van der Waals surface area (Å²) in [6.07, 6.45) is 2.80. The number of hydrogen-bond acceptors (Lipinski definition) is 3. The molecule has 0 saturated carbocycles. The summed E-state index contributed by atoms with van der Waals surface area (Å²) < 4.78 is 12.8. The predicted molar refractivity (Wildman–Crippen MR) is 68.1 cm³/mol. The van der Waals surface area contributed by atoms with Gasteiger partial charge >= 0.3 is 0 Å². The quantitative estimate of drug-likeness (QED) is 0.827. The first-order chi connectivity index (χ1) is 9.13. The first-order valence-corrected chi connectivity index (χ1v) is 5.51. The van der Waals surface area contributed by atoms with E-state index in [4.69, 9.17) is 5.26 Å². The molecule has 2 rings (SSSR count). The van der Waals surface area contributed by atoms with Crippen molar-refractivity contribution in [2.24, 2.45) is 0 Å². The molecule has 1 heterocycles. The van der Waals surface area contributed by atoms with E-state index in [0.717, 1.165) is 0 Å². The van der Waals surface area contributed by atoms with Crippen molar-refractivity contribution < 1.29 is 9.18 Å². The summed E-state index contributed by atoms with van der Waals surface area (Å²) in [5.41, 5.74) is 1.02. The number of benzene rings is 1. The standard InChI is InChI=1S/C14H10FN3O/c1-18(12-4-2-11(15)3-5-12)14(19)13-9-17-7-6-10(13)8-16/h2-7,9H,1H3. The number of anilines is 1. The third-order valence-corrected chi connectivity index (χ3v) is 2.69. The SMILES string of the molecule is CN(C(=O)c1cnccc1C#N)c1ccc(F)cc1. The third kappa shape index (κ3) is 2.58. The van der Waals surface area contributed by atoms with Gasteiger partial charge in [-0.25, -0.2) is 4.39 Å². The van der Waals surface area contributed by atoms with E-state index in [1.807, 2.05) is 6.07 Å². The van der Waals surface area contributed by atoms with E-state index < -0.39 is 0 Å². The van der Waals surface area contributed by atoms with Crippen LogP contribution in [0.15, 0.2) is 42.7 Å². The Bertz CT molecular complexity index is 646. The highest BCUT2D eigenvalue weighted by atomic mass is 19.1. The van der Waals surface area contributed by atoms with Gasteiger partial charge in [0, 0.05) is 25.1 Å². The lowest BCUT2D eigenvalue weighted by atomic mass is 10.1. The fourth-order valence-corrected chi connectivity index (χ4v) is 1.63. The van der Waals surface area contributed by atoms with Gasteiger partial charge in [-0.2, -0.15) is 5.26 Å². The van der Waals surface area contributed by atoms with Gasteiger partial charge in [-0.3, -0.25) is 9.78 Å². The van der Waals surface area contributed by atoms with Crippen LogP contribution >= 0.6 is 0 Å². The number of hydrogen-bond donors (Lipinski definition) is 0. The normalized spacial score (nSPS) is 9.74. The number of nitrogens with zero attached hydrogens (tertiary/aromatic N) is 3. The van der Waals surface area contributed by atoms with Crippen molar-refractivity contribution in [3.63, 3.8) is 0 Å². The van der Waals surface area contributed by atoms with Crippen molar-refractivity contribution in [1.29, 1.82) is 5.26 Å². The van der Waals surface area contributed by atoms with E-state index in [9.17, 15) is 9.18 Å². The number of carbonyl (C=O) groups is 1. The average Bonchev–Trinajstić information content (AvgIpc) is 2.46. The van der Waals surface area contributed by atoms with Crippen molar-refractivity contribution in [3.8, 4) is 6.07 Å². The van der Waals surface area contributed by atoms with Crippen LogP contribution < -0.4 is 4.90 Å². The summed E-state index contributed by atoms with van der Waals surface area (Å²) in [6.45, 7) is 0. The molecule has 0 N–H and O–H groups in total. The highest BCUT2D eigenvalue weighted by molar-refractivity contribution is 6.07. The maximum Gasteiger partial charge on any atom is 0.260 e. The number of carbonyl (C=O) groups excluding carboxylic acids is 1. The molecule has 0 aliphatic rings. The summed E-state index contributed by atoms with van der Waals surface area (Å²) in [4.78, 5) is 17.4. The second kappa shape index (κ2) is 5.27. The van der Waals surface area contributed by atoms with Gasteiger partial charge in [-0.15, -0.1) is 0 Å². The van der Waals surface area contributed by atoms with Crippen LogP contribution in [0.2, 0.25) is 0 Å². The number of halogens is 1. The van der Waals surface area contributed by atoms with Gasteiger partial charge in [-0.05, 0) is 30.3 Å². The van der Waals surface area contributed by atoms with Crippen LogP contribution in [0.5, 0.6) is 0 Å². The Kier molecular flexibility index (Phi) is 3.53. The van der Waals surface area contributed by atoms with E-state index in [0.29, 0.717) is 5.69 Å². The minimum Gasteiger partial charge on any atom is -0.311 e. The van der Waals surface area contributed by atoms with Crippen LogP contribution in [0.1, 0.15) is 15.9 Å². The van der Waals surface area contributed by atoms with Crippen LogP contribution in [0.3, 0.4) is 0 Å². The number of rotatable bonds is 2. The fourth-order valence-electron chi connectivity index (χ4n) is 1.63. The first kappa shape index (κ1) is 12.7. The molecular weight excluding hydrogens is 245 g/mol. The van der Waals surface area contributed by atoms with Crippen LogP contribution in [-0.4, -0.2) is 17.9 Å². The Morgan fingerprint density at radius 1 is 1.32 bits per heavy atom. The van der Waals surface area contributed by atoms with E-state index in [1.54, 1.807) is 7.05 Å². The molecule has 0 unspecified atom stereocenters. The molecule has 0 aliphatic carbocycles. The highest BCUT2D eigenvalue weighted by Crippen LogP contribution is 2.17. The molecule has 1 aromatic carbocycles. The molecule has 1 amide bonds. The van der Waals surface area contributed by atoms with Crippen LogP contribution in [0.25, 0.3) is 0 Å². The minimum absolute atomic E-state index is 0.219. The van der Waals surface area contributed by atoms with Crippen molar-refractivity contribution in [2.45, 2.75) is 0 Å². The molecule has 4 nitrogen and oxygen atoms in total. The molecule has 2 aromatic rings. The predicted octanol–water partition coefficient (Wildman–Crippen LogP) is 2.37. The molecule has 0 bridgehead atoms. The van der Waals surface area contributed by atoms with Gasteiger partial charge < -0.3 is 4.90 Å². The van der Waals surface area contributed by atoms with Gasteiger partial charge in [0.1, 0.15) is 11.9 Å². The topological polar surface area (TPSA) is 57.0 Å². The third-order valence-electron chi connectivity index (χ3n) is 2.69. The largest absolute Gasteiger partial charge is 0.311 e. The zero-order chi connectivity index (χ0) is 13.8. The van der Waals surface area contributed by atoms with E-state index >= 15 is 0 Å². The van der Waals surface area contributed by atoms with Gasteiger partial charge in [0.2, 0.25) is 0 Å². The van der Waals surface area contributed by atoms with Gasteiger partial charge in [-0.1, -0.05) is 0 Å². The smallest absolute Gasteiger partial charge is 0.260 e. The zero-order valence-electron chi connectivity index (χ0n) is 10.2. The van der Waals surface area contributed by atoms with Crippen LogP contribution in [-0.2, 0) is 0 Å². The minimum atomic E-state index is -0.372. The van der Waals surface area contributed by atoms with Crippen LogP contribution in [0, 0.1) is 17.1 Å². The summed E-state index contributed by atoms with van der Waals surface area (Å²) in [5, 5.41) is 8.96. The first-order valence-electron chi connectivity index (χ1n) is 5.51. The van der Waals surface area contributed by atoms with E-state index in [-0.39, 0.29) is 22.9 Å². The zero-order valence-corrected chi connectivity index (χ0v) is 10.2. The lowest BCUT2D eigenvalue weighted by Gasteiger charge is -2.17. The molecular formula is C14H10FN3O. The lowest BCUT2D eigenvalue weighted by molar-refractivity contribution is 0.0992. The molecule has 0 fully saturated rings. The molecule has 0 spiro atoms. The summed E-state index contributed by atoms with van der Waals surface area (Å²) >= 11 is 0. The number of nitriles is 1. The molecule has 0 saturated heterocycles. The molecule has 0 aliphatic heterocycles. The van der Waals surface area contributed by atoms with E-state index in [1.165, 1.54) is 47.6 Å². The summed E-state index contributed by atoms with van der Waals surface area (Å²) in [5.74, 6) is -0.736. The van der Waals surface area contributed by atoms with Crippen molar-refractivity contribution >= 4 is 11.6 Å². The Morgan fingerprint density at radius 3 is 2.63 bits per heavy atom. The number of amides is 1. The molecule has 19 heavy (non-hydrogen) atoms. The molecule has 94 valence electrons. The summed E-state index contributed by atoms with van der Waals surface area (Å²) in [6, 6.07) is 8.96. The molecule has 1 aromatic heterocycles. The van der Waals surface area contributed by atoms with Gasteiger partial charge in [0.25, 0.3) is 5.91 Å². The highest BCUT2D eigenvalue weighted by Gasteiger charge is 2.17. The van der Waals surface area contributed by atoms with Crippen molar-refractivity contribution in [1.82, 2.24) is 4.98 Å². The van der Waals surface area contributed by atoms with Gasteiger partial charge in [0.05, 0.1) is 11.1 Å². The average molecular weight is 255 g/mol. The molecule has 0 radical (unpaired) electrons. The Morgan fingerprint density at radius 2 is 2.00 bits per heavy atom. The van der Waals surface area contributed by atoms with E-state index in [2.05, 4.69) is 4.98 Å². The maximum absolute atomic E-state index is 12.8. The summed E-state index contributed by atoms with van der Waals surface area (Å²) in [7, 11) is 1.56. The monoisotopic (exact) mass is 255 g/mol. The number of aromatic nitrogens is 1. The second-order valence-electron chi connectivity index (χ2n) is 3.87. The fraction of sp³-hybridized carbons (Fsp3) is 0.0714.